The van der Waals surface area contributed by atoms with Crippen molar-refractivity contribution in [1.29, 1.82) is 0 Å². The van der Waals surface area contributed by atoms with Gasteiger partial charge in [-0.25, -0.2) is 0 Å². The van der Waals surface area contributed by atoms with Gasteiger partial charge in [-0.15, -0.1) is 0 Å². The summed E-state index contributed by atoms with van der Waals surface area (Å²) in [5, 5.41) is 0. The van der Waals surface area contributed by atoms with E-state index in [-0.39, 0.29) is 0 Å². The van der Waals surface area contributed by atoms with Gasteiger partial charge in [-0.3, -0.25) is 9.78 Å². The summed E-state index contributed by atoms with van der Waals surface area (Å²) in [6.07, 6.45) is 3.16. The number of carbonyl (C=O) groups excluding carboxylic acids is 1. The number of esters is 1. The highest BCUT2D eigenvalue weighted by Crippen LogP contribution is 2.08. The molecule has 1 aromatic heterocycles. The molecule has 2 N–H and O–H groups in total. The number of methoxy groups -OCH3 is 1. The van der Waals surface area contributed by atoms with Crippen LogP contribution in [0.4, 0.5) is 0 Å². The van der Waals surface area contributed by atoms with Gasteiger partial charge in [0.05, 0.1) is 7.11 Å². The molecule has 0 aromatic carbocycles. The summed E-state index contributed by atoms with van der Waals surface area (Å²) in [4.78, 5) is 14.7. The second-order valence-corrected chi connectivity index (χ2v) is 2.28. The van der Waals surface area contributed by atoms with Crippen LogP contribution in [0.3, 0.4) is 0 Å². The zero-order valence-corrected chi connectivity index (χ0v) is 6.73. The standard InChI is InChI=1S/C8H10N2O2/c1-12-8(11)7(9)6-2-4-10-5-3-6/h2-5,7H,9H2,1H3/t7-/m0/s1. The monoisotopic (exact) mass is 166 g/mol. The number of carbonyl (C=O) groups is 1. The summed E-state index contributed by atoms with van der Waals surface area (Å²) >= 11 is 0. The third-order valence-corrected chi connectivity index (χ3v) is 1.52. The summed E-state index contributed by atoms with van der Waals surface area (Å²) < 4.78 is 4.48. The molecule has 0 saturated carbocycles. The molecular formula is C8H10N2O2. The van der Waals surface area contributed by atoms with Crippen LogP contribution in [0.15, 0.2) is 24.5 Å². The van der Waals surface area contributed by atoms with Crippen LogP contribution in [0.25, 0.3) is 0 Å². The van der Waals surface area contributed by atoms with Crippen LogP contribution < -0.4 is 5.73 Å². The molecule has 0 fully saturated rings. The van der Waals surface area contributed by atoms with Gasteiger partial charge in [-0.2, -0.15) is 0 Å². The third kappa shape index (κ3) is 1.79. The first-order valence-corrected chi connectivity index (χ1v) is 3.49. The molecule has 0 aliphatic rings. The number of ether oxygens (including phenoxy) is 1. The van der Waals surface area contributed by atoms with Crippen molar-refractivity contribution in [2.75, 3.05) is 7.11 Å². The van der Waals surface area contributed by atoms with Gasteiger partial charge in [0.15, 0.2) is 0 Å². The minimum absolute atomic E-state index is 0.443. The Morgan fingerprint density at radius 2 is 2.17 bits per heavy atom. The Kier molecular flexibility index (Phi) is 2.76. The van der Waals surface area contributed by atoms with E-state index in [0.29, 0.717) is 5.56 Å². The molecule has 0 aliphatic carbocycles. The number of nitrogens with two attached hydrogens (primary N) is 1. The van der Waals surface area contributed by atoms with Gasteiger partial charge in [0.2, 0.25) is 0 Å². The van der Waals surface area contributed by atoms with Crippen LogP contribution in [0.2, 0.25) is 0 Å². The first kappa shape index (κ1) is 8.67. The molecule has 4 nitrogen and oxygen atoms in total. The second-order valence-electron chi connectivity index (χ2n) is 2.28. The molecule has 4 heteroatoms. The van der Waals surface area contributed by atoms with Crippen LogP contribution in [-0.4, -0.2) is 18.1 Å². The molecule has 0 spiro atoms. The third-order valence-electron chi connectivity index (χ3n) is 1.52. The first-order valence-electron chi connectivity index (χ1n) is 3.49. The summed E-state index contributed by atoms with van der Waals surface area (Å²) in [6.45, 7) is 0. The average molecular weight is 166 g/mol. The van der Waals surface area contributed by atoms with Crippen molar-refractivity contribution in [1.82, 2.24) is 4.98 Å². The molecular weight excluding hydrogens is 156 g/mol. The predicted molar refractivity (Wildman–Crippen MR) is 43.2 cm³/mol. The minimum atomic E-state index is -0.710. The summed E-state index contributed by atoms with van der Waals surface area (Å²) in [5.41, 5.74) is 6.25. The molecule has 1 heterocycles. The number of hydrogen-bond acceptors (Lipinski definition) is 4. The Bertz CT molecular complexity index is 261. The fourth-order valence-corrected chi connectivity index (χ4v) is 0.834. The van der Waals surface area contributed by atoms with Crippen LogP contribution >= 0.6 is 0 Å². The zero-order chi connectivity index (χ0) is 8.97. The van der Waals surface area contributed by atoms with Crippen molar-refractivity contribution in [3.63, 3.8) is 0 Å². The molecule has 0 amide bonds. The molecule has 0 aliphatic heterocycles. The van der Waals surface area contributed by atoms with E-state index >= 15 is 0 Å². The van der Waals surface area contributed by atoms with E-state index in [2.05, 4.69) is 9.72 Å². The van der Waals surface area contributed by atoms with E-state index < -0.39 is 12.0 Å². The summed E-state index contributed by atoms with van der Waals surface area (Å²) in [5.74, 6) is -0.443. The van der Waals surface area contributed by atoms with Gasteiger partial charge in [0.1, 0.15) is 6.04 Å². The maximum absolute atomic E-state index is 10.9. The molecule has 0 unspecified atom stereocenters. The van der Waals surface area contributed by atoms with E-state index in [1.807, 2.05) is 0 Å². The van der Waals surface area contributed by atoms with Gasteiger partial charge in [-0.05, 0) is 17.7 Å². The van der Waals surface area contributed by atoms with E-state index in [0.717, 1.165) is 0 Å². The lowest BCUT2D eigenvalue weighted by Crippen LogP contribution is -2.22. The Morgan fingerprint density at radius 3 is 2.67 bits per heavy atom. The normalized spacial score (nSPS) is 12.2. The minimum Gasteiger partial charge on any atom is -0.468 e. The number of hydrogen-bond donors (Lipinski definition) is 1. The summed E-state index contributed by atoms with van der Waals surface area (Å²) in [6, 6.07) is 2.65. The number of pyridine rings is 1. The quantitative estimate of drug-likeness (QED) is 0.640. The highest BCUT2D eigenvalue weighted by Gasteiger charge is 2.14. The smallest absolute Gasteiger partial charge is 0.327 e. The molecule has 0 saturated heterocycles. The Morgan fingerprint density at radius 1 is 1.58 bits per heavy atom. The number of aromatic nitrogens is 1. The van der Waals surface area contributed by atoms with E-state index in [1.54, 1.807) is 24.5 Å². The Hall–Kier alpha value is -1.42. The fraction of sp³-hybridized carbons (Fsp3) is 0.250. The van der Waals surface area contributed by atoms with Gasteiger partial charge in [-0.1, -0.05) is 0 Å². The fourth-order valence-electron chi connectivity index (χ4n) is 0.834. The lowest BCUT2D eigenvalue weighted by atomic mass is 10.1. The maximum atomic E-state index is 10.9. The molecule has 0 bridgehead atoms. The van der Waals surface area contributed by atoms with Gasteiger partial charge in [0, 0.05) is 12.4 Å². The van der Waals surface area contributed by atoms with E-state index in [9.17, 15) is 4.79 Å². The molecule has 12 heavy (non-hydrogen) atoms. The molecule has 1 atom stereocenters. The van der Waals surface area contributed by atoms with Crippen LogP contribution in [0, 0.1) is 0 Å². The van der Waals surface area contributed by atoms with Crippen LogP contribution in [0.1, 0.15) is 11.6 Å². The van der Waals surface area contributed by atoms with Gasteiger partial charge < -0.3 is 10.5 Å². The van der Waals surface area contributed by atoms with Crippen molar-refractivity contribution in [3.05, 3.63) is 30.1 Å². The maximum Gasteiger partial charge on any atom is 0.327 e. The zero-order valence-electron chi connectivity index (χ0n) is 6.73. The highest BCUT2D eigenvalue weighted by molar-refractivity contribution is 5.77. The molecule has 0 radical (unpaired) electrons. The van der Waals surface area contributed by atoms with Crippen molar-refractivity contribution in [2.45, 2.75) is 6.04 Å². The molecule has 1 aromatic rings. The SMILES string of the molecule is COC(=O)[C@@H](N)c1ccncc1. The topological polar surface area (TPSA) is 65.2 Å². The predicted octanol–water partition coefficient (Wildman–Crippen LogP) is 0.254. The number of rotatable bonds is 2. The Balaban J connectivity index is 2.78. The molecule has 64 valence electrons. The van der Waals surface area contributed by atoms with E-state index in [1.165, 1.54) is 7.11 Å². The largest absolute Gasteiger partial charge is 0.468 e. The van der Waals surface area contributed by atoms with Gasteiger partial charge in [0.25, 0.3) is 0 Å². The van der Waals surface area contributed by atoms with Crippen molar-refractivity contribution in [2.24, 2.45) is 5.73 Å². The van der Waals surface area contributed by atoms with Crippen LogP contribution in [-0.2, 0) is 9.53 Å². The lowest BCUT2D eigenvalue weighted by molar-refractivity contribution is -0.142. The van der Waals surface area contributed by atoms with Crippen LogP contribution in [0.5, 0.6) is 0 Å². The lowest BCUT2D eigenvalue weighted by Gasteiger charge is -2.07. The van der Waals surface area contributed by atoms with Crippen molar-refractivity contribution < 1.29 is 9.53 Å². The van der Waals surface area contributed by atoms with Gasteiger partial charge >= 0.3 is 5.97 Å². The van der Waals surface area contributed by atoms with E-state index in [4.69, 9.17) is 5.73 Å². The Labute approximate surface area is 70.4 Å². The highest BCUT2D eigenvalue weighted by atomic mass is 16.5. The van der Waals surface area contributed by atoms with Crippen molar-refractivity contribution in [3.8, 4) is 0 Å². The average Bonchev–Trinajstić information content (AvgIpc) is 2.17. The second kappa shape index (κ2) is 3.82. The number of nitrogens with zero attached hydrogens (tertiary/aromatic N) is 1. The first-order chi connectivity index (χ1) is 5.75. The molecule has 1 rings (SSSR count). The summed E-state index contributed by atoms with van der Waals surface area (Å²) in [7, 11) is 1.31. The van der Waals surface area contributed by atoms with Crippen molar-refractivity contribution >= 4 is 5.97 Å².